The second kappa shape index (κ2) is 9.03. The minimum Gasteiger partial charge on any atom is -0.472 e. The topological polar surface area (TPSA) is 81.6 Å². The second-order valence-electron chi connectivity index (χ2n) is 9.90. The molecule has 1 aliphatic heterocycles. The Morgan fingerprint density at radius 2 is 1.74 bits per heavy atom. The predicted molar refractivity (Wildman–Crippen MR) is 119 cm³/mol. The molecule has 34 heavy (non-hydrogen) atoms. The van der Waals surface area contributed by atoms with Gasteiger partial charge in [-0.3, -0.25) is 4.79 Å². The molecule has 1 amide bonds. The molecule has 0 radical (unpaired) electrons. The van der Waals surface area contributed by atoms with E-state index in [0.29, 0.717) is 5.39 Å². The molecule has 1 fully saturated rings. The molecule has 3 rings (SSSR count). The lowest BCUT2D eigenvalue weighted by Gasteiger charge is -2.32. The van der Waals surface area contributed by atoms with E-state index < -0.39 is 36.0 Å². The maximum atomic E-state index is 13.5. The van der Waals surface area contributed by atoms with Crippen LogP contribution in [0.25, 0.3) is 10.9 Å². The number of carbonyl (C=O) groups excluding carboxylic acids is 2. The second-order valence-corrected chi connectivity index (χ2v) is 9.90. The molecule has 0 spiro atoms. The van der Waals surface area contributed by atoms with E-state index in [2.05, 4.69) is 9.97 Å². The Kier molecular flexibility index (Phi) is 6.83. The molecule has 0 saturated carbocycles. The molecule has 3 atom stereocenters. The van der Waals surface area contributed by atoms with Crippen molar-refractivity contribution < 1.29 is 32.2 Å². The fourth-order valence-electron chi connectivity index (χ4n) is 3.84. The number of likely N-dealkylation sites (tertiary alicyclic amines) is 1. The zero-order valence-electron chi connectivity index (χ0n) is 20.4. The third-order valence-electron chi connectivity index (χ3n) is 6.50. The normalized spacial score (nSPS) is 19.9. The Morgan fingerprint density at radius 3 is 2.29 bits per heavy atom. The standard InChI is InChI=1S/C24H30F3N3O4/c1-12-8-16-17(9-13(12)2)28-22(24(25,26)27)29-19(16)34-15-10-18(21(32)33-7)30(11-15)20(31)14(3)23(4,5)6/h8-9,14-15,18H,10-11H2,1-7H3/t14-,15?,18?/m1/s1. The molecule has 0 bridgehead atoms. The van der Waals surface area contributed by atoms with E-state index in [0.717, 1.165) is 11.1 Å². The smallest absolute Gasteiger partial charge is 0.451 e. The quantitative estimate of drug-likeness (QED) is 0.600. The molecule has 2 aromatic rings. The number of carbonyl (C=O) groups is 2. The maximum absolute atomic E-state index is 13.5. The lowest BCUT2D eigenvalue weighted by atomic mass is 9.81. The van der Waals surface area contributed by atoms with Crippen molar-refractivity contribution in [2.75, 3.05) is 13.7 Å². The molecule has 10 heteroatoms. The number of halogens is 3. The summed E-state index contributed by atoms with van der Waals surface area (Å²) in [5.74, 6) is -2.79. The minimum absolute atomic E-state index is 0.0245. The van der Waals surface area contributed by atoms with Gasteiger partial charge in [0, 0.05) is 12.3 Å². The van der Waals surface area contributed by atoms with E-state index in [1.54, 1.807) is 26.0 Å². The third kappa shape index (κ3) is 5.10. The molecule has 1 saturated heterocycles. The molecule has 1 aromatic carbocycles. The van der Waals surface area contributed by atoms with Crippen LogP contribution in [-0.2, 0) is 20.5 Å². The van der Waals surface area contributed by atoms with E-state index in [9.17, 15) is 22.8 Å². The van der Waals surface area contributed by atoms with Crippen LogP contribution in [0.3, 0.4) is 0 Å². The van der Waals surface area contributed by atoms with Gasteiger partial charge in [-0.15, -0.1) is 0 Å². The van der Waals surface area contributed by atoms with Crippen LogP contribution >= 0.6 is 0 Å². The summed E-state index contributed by atoms with van der Waals surface area (Å²) in [4.78, 5) is 34.4. The van der Waals surface area contributed by atoms with Gasteiger partial charge in [0.1, 0.15) is 12.1 Å². The van der Waals surface area contributed by atoms with Gasteiger partial charge in [-0.2, -0.15) is 18.2 Å². The molecule has 0 N–H and O–H groups in total. The number of methoxy groups -OCH3 is 1. The molecule has 2 unspecified atom stereocenters. The van der Waals surface area contributed by atoms with Gasteiger partial charge in [0.15, 0.2) is 0 Å². The molecule has 0 aliphatic carbocycles. The summed E-state index contributed by atoms with van der Waals surface area (Å²) in [6.45, 7) is 11.2. The van der Waals surface area contributed by atoms with Crippen molar-refractivity contribution in [3.05, 3.63) is 29.1 Å². The number of amides is 1. The van der Waals surface area contributed by atoms with Crippen molar-refractivity contribution in [1.29, 1.82) is 0 Å². The Bertz CT molecular complexity index is 1110. The first-order chi connectivity index (χ1) is 15.6. The number of alkyl halides is 3. The van der Waals surface area contributed by atoms with E-state index in [-0.39, 0.29) is 35.7 Å². The van der Waals surface area contributed by atoms with Gasteiger partial charge in [0.05, 0.1) is 24.6 Å². The van der Waals surface area contributed by atoms with Crippen LogP contribution in [0.2, 0.25) is 0 Å². The van der Waals surface area contributed by atoms with Gasteiger partial charge in [-0.25, -0.2) is 9.78 Å². The Morgan fingerprint density at radius 1 is 1.12 bits per heavy atom. The Hall–Kier alpha value is -2.91. The SMILES string of the molecule is COC(=O)C1CC(Oc2nc(C(F)(F)F)nc3cc(C)c(C)cc23)CN1C(=O)[C@@H](C)C(C)(C)C. The number of nitrogens with zero attached hydrogens (tertiary/aromatic N) is 3. The van der Waals surface area contributed by atoms with Crippen LogP contribution in [0.1, 0.15) is 51.1 Å². The van der Waals surface area contributed by atoms with Crippen LogP contribution in [0.15, 0.2) is 12.1 Å². The molecule has 1 aromatic heterocycles. The zero-order valence-corrected chi connectivity index (χ0v) is 20.4. The highest BCUT2D eigenvalue weighted by molar-refractivity contribution is 5.87. The van der Waals surface area contributed by atoms with Gasteiger partial charge in [0.25, 0.3) is 0 Å². The number of aryl methyl sites for hydroxylation is 2. The number of esters is 1. The highest BCUT2D eigenvalue weighted by atomic mass is 19.4. The van der Waals surface area contributed by atoms with Crippen LogP contribution in [0, 0.1) is 25.2 Å². The lowest BCUT2D eigenvalue weighted by Crippen LogP contribution is -2.46. The first-order valence-corrected chi connectivity index (χ1v) is 11.0. The van der Waals surface area contributed by atoms with Crippen LogP contribution in [-0.4, -0.2) is 52.5 Å². The van der Waals surface area contributed by atoms with Gasteiger partial charge >= 0.3 is 12.1 Å². The van der Waals surface area contributed by atoms with Crippen molar-refractivity contribution in [3.63, 3.8) is 0 Å². The summed E-state index contributed by atoms with van der Waals surface area (Å²) in [5.41, 5.74) is 1.38. The summed E-state index contributed by atoms with van der Waals surface area (Å²) >= 11 is 0. The molecule has 7 nitrogen and oxygen atoms in total. The molecule has 1 aliphatic rings. The van der Waals surface area contributed by atoms with Gasteiger partial charge in [-0.1, -0.05) is 27.7 Å². The van der Waals surface area contributed by atoms with Crippen LogP contribution in [0.5, 0.6) is 5.88 Å². The average Bonchev–Trinajstić information content (AvgIpc) is 3.15. The van der Waals surface area contributed by atoms with E-state index in [1.807, 2.05) is 27.7 Å². The van der Waals surface area contributed by atoms with Crippen molar-refractivity contribution in [2.24, 2.45) is 11.3 Å². The highest BCUT2D eigenvalue weighted by Gasteiger charge is 2.45. The summed E-state index contributed by atoms with van der Waals surface area (Å²) in [5, 5.41) is 0.332. The summed E-state index contributed by atoms with van der Waals surface area (Å²) < 4.78 is 51.2. The summed E-state index contributed by atoms with van der Waals surface area (Å²) in [7, 11) is 1.23. The van der Waals surface area contributed by atoms with Crippen molar-refractivity contribution >= 4 is 22.8 Å². The first-order valence-electron chi connectivity index (χ1n) is 11.0. The minimum atomic E-state index is -4.76. The van der Waals surface area contributed by atoms with Gasteiger partial charge in [-0.05, 0) is 42.5 Å². The van der Waals surface area contributed by atoms with E-state index >= 15 is 0 Å². The fourth-order valence-corrected chi connectivity index (χ4v) is 3.84. The Labute approximate surface area is 196 Å². The monoisotopic (exact) mass is 481 g/mol. The van der Waals surface area contributed by atoms with Crippen LogP contribution < -0.4 is 4.74 Å². The number of ether oxygens (including phenoxy) is 2. The number of benzene rings is 1. The largest absolute Gasteiger partial charge is 0.472 e. The highest BCUT2D eigenvalue weighted by Crippen LogP contribution is 2.35. The van der Waals surface area contributed by atoms with Crippen molar-refractivity contribution in [2.45, 2.75) is 66.3 Å². The van der Waals surface area contributed by atoms with Crippen LogP contribution in [0.4, 0.5) is 13.2 Å². The molecular weight excluding hydrogens is 451 g/mol. The molecule has 186 valence electrons. The average molecular weight is 482 g/mol. The fraction of sp³-hybridized carbons (Fsp3) is 0.583. The molecular formula is C24H30F3N3O4. The lowest BCUT2D eigenvalue weighted by molar-refractivity contribution is -0.153. The summed E-state index contributed by atoms with van der Waals surface area (Å²) in [6, 6.07) is 2.34. The predicted octanol–water partition coefficient (Wildman–Crippen LogP) is 4.47. The number of hydrogen-bond donors (Lipinski definition) is 0. The van der Waals surface area contributed by atoms with Crippen molar-refractivity contribution in [3.8, 4) is 5.88 Å². The van der Waals surface area contributed by atoms with E-state index in [1.165, 1.54) is 12.0 Å². The van der Waals surface area contributed by atoms with Crippen molar-refractivity contribution in [1.82, 2.24) is 14.9 Å². The van der Waals surface area contributed by atoms with Gasteiger partial charge < -0.3 is 14.4 Å². The molecule has 2 heterocycles. The third-order valence-corrected chi connectivity index (χ3v) is 6.50. The number of fused-ring (bicyclic) bond motifs is 1. The maximum Gasteiger partial charge on any atom is 0.451 e. The first kappa shape index (κ1) is 25.7. The van der Waals surface area contributed by atoms with E-state index in [4.69, 9.17) is 9.47 Å². The van der Waals surface area contributed by atoms with Gasteiger partial charge in [0.2, 0.25) is 17.6 Å². The Balaban J connectivity index is 2.00. The number of aromatic nitrogens is 2. The number of hydrogen-bond acceptors (Lipinski definition) is 6. The summed E-state index contributed by atoms with van der Waals surface area (Å²) in [6.07, 6.45) is -5.44. The number of rotatable bonds is 4. The zero-order chi connectivity index (χ0) is 25.6.